The first-order chi connectivity index (χ1) is 11.2. The highest BCUT2D eigenvalue weighted by Gasteiger charge is 2.19. The minimum atomic E-state index is -0.850. The molecule has 1 aliphatic rings. The summed E-state index contributed by atoms with van der Waals surface area (Å²) < 4.78 is 7.15. The van der Waals surface area contributed by atoms with Gasteiger partial charge in [-0.05, 0) is 18.4 Å². The number of nitrogens with zero attached hydrogens (tertiary/aromatic N) is 2. The van der Waals surface area contributed by atoms with E-state index in [1.165, 1.54) is 0 Å². The van der Waals surface area contributed by atoms with E-state index in [0.717, 1.165) is 25.0 Å². The molecule has 0 aliphatic carbocycles. The second-order valence-corrected chi connectivity index (χ2v) is 5.67. The minimum Gasteiger partial charge on any atom is -0.380 e. The molecule has 3 rings (SSSR count). The number of aromatic nitrogens is 2. The predicted octanol–water partition coefficient (Wildman–Crippen LogP) is 1.26. The summed E-state index contributed by atoms with van der Waals surface area (Å²) in [4.78, 5) is 16.3. The van der Waals surface area contributed by atoms with Gasteiger partial charge in [0, 0.05) is 25.5 Å². The summed E-state index contributed by atoms with van der Waals surface area (Å²) >= 11 is 0. The second kappa shape index (κ2) is 7.39. The van der Waals surface area contributed by atoms with Crippen LogP contribution in [-0.4, -0.2) is 39.8 Å². The summed E-state index contributed by atoms with van der Waals surface area (Å²) in [7, 11) is 0. The van der Waals surface area contributed by atoms with Crippen LogP contribution in [0.2, 0.25) is 0 Å². The van der Waals surface area contributed by atoms with Crippen LogP contribution in [0.5, 0.6) is 0 Å². The molecule has 0 saturated carbocycles. The van der Waals surface area contributed by atoms with Crippen LogP contribution in [0, 0.1) is 0 Å². The van der Waals surface area contributed by atoms with Crippen molar-refractivity contribution >= 4 is 5.91 Å². The molecule has 1 fully saturated rings. The first kappa shape index (κ1) is 15.7. The Morgan fingerprint density at radius 3 is 3.00 bits per heavy atom. The number of nitrogens with one attached hydrogen (secondary N) is 1. The highest BCUT2D eigenvalue weighted by Crippen LogP contribution is 2.20. The summed E-state index contributed by atoms with van der Waals surface area (Å²) in [6, 6.07) is 9.28. The van der Waals surface area contributed by atoms with Crippen LogP contribution in [0.3, 0.4) is 0 Å². The van der Waals surface area contributed by atoms with Crippen LogP contribution < -0.4 is 5.32 Å². The Morgan fingerprint density at radius 2 is 2.26 bits per heavy atom. The maximum absolute atomic E-state index is 12.1. The lowest BCUT2D eigenvalue weighted by atomic mass is 10.1. The Morgan fingerprint density at radius 1 is 1.43 bits per heavy atom. The first-order valence-corrected chi connectivity index (χ1v) is 7.86. The van der Waals surface area contributed by atoms with Crippen molar-refractivity contribution in [3.8, 4) is 0 Å². The number of benzene rings is 1. The summed E-state index contributed by atoms with van der Waals surface area (Å²) in [6.45, 7) is 1.44. The summed E-state index contributed by atoms with van der Waals surface area (Å²) in [6.07, 6.45) is 4.61. The van der Waals surface area contributed by atoms with Crippen molar-refractivity contribution in [2.45, 2.75) is 31.6 Å². The molecule has 1 saturated heterocycles. The summed E-state index contributed by atoms with van der Waals surface area (Å²) in [5.74, 6) is 0.350. The average Bonchev–Trinajstić information content (AvgIpc) is 3.25. The van der Waals surface area contributed by atoms with E-state index in [2.05, 4.69) is 10.3 Å². The van der Waals surface area contributed by atoms with Crippen LogP contribution in [0.1, 0.15) is 30.3 Å². The van der Waals surface area contributed by atoms with E-state index in [0.29, 0.717) is 12.4 Å². The lowest BCUT2D eigenvalue weighted by Gasteiger charge is -2.15. The van der Waals surface area contributed by atoms with Gasteiger partial charge in [-0.15, -0.1) is 0 Å². The smallest absolute Gasteiger partial charge is 0.240 e. The molecule has 6 nitrogen and oxygen atoms in total. The Bertz CT molecular complexity index is 636. The molecule has 0 unspecified atom stereocenters. The van der Waals surface area contributed by atoms with Crippen molar-refractivity contribution in [2.75, 3.05) is 13.2 Å². The van der Waals surface area contributed by atoms with Crippen molar-refractivity contribution in [3.05, 3.63) is 54.1 Å². The highest BCUT2D eigenvalue weighted by molar-refractivity contribution is 5.75. The standard InChI is InChI=1S/C17H21N3O3/c21-15(19-11-14-7-4-10-23-14)12-20-9-8-18-17(20)16(22)13-5-2-1-3-6-13/h1-3,5-6,8-9,14,16,22H,4,7,10-12H2,(H,19,21)/t14-,16-/m0/s1. The molecular weight excluding hydrogens is 294 g/mol. The number of imidazole rings is 1. The fourth-order valence-electron chi connectivity index (χ4n) is 2.73. The van der Waals surface area contributed by atoms with Gasteiger partial charge in [-0.3, -0.25) is 4.79 Å². The van der Waals surface area contributed by atoms with E-state index >= 15 is 0 Å². The molecule has 1 aromatic heterocycles. The van der Waals surface area contributed by atoms with Crippen molar-refractivity contribution in [3.63, 3.8) is 0 Å². The van der Waals surface area contributed by atoms with E-state index in [-0.39, 0.29) is 18.6 Å². The third-order valence-electron chi connectivity index (χ3n) is 3.97. The molecule has 0 bridgehead atoms. The maximum Gasteiger partial charge on any atom is 0.240 e. The van der Waals surface area contributed by atoms with E-state index < -0.39 is 6.10 Å². The fraction of sp³-hybridized carbons (Fsp3) is 0.412. The van der Waals surface area contributed by atoms with Gasteiger partial charge in [0.05, 0.1) is 6.10 Å². The van der Waals surface area contributed by atoms with Gasteiger partial charge in [-0.25, -0.2) is 4.98 Å². The number of hydrogen-bond donors (Lipinski definition) is 2. The van der Waals surface area contributed by atoms with Gasteiger partial charge < -0.3 is 19.7 Å². The van der Waals surface area contributed by atoms with Crippen LogP contribution in [-0.2, 0) is 16.1 Å². The molecule has 2 aromatic rings. The van der Waals surface area contributed by atoms with Gasteiger partial charge in [0.1, 0.15) is 18.5 Å². The Balaban J connectivity index is 1.60. The molecular formula is C17H21N3O3. The number of hydrogen-bond acceptors (Lipinski definition) is 4. The lowest BCUT2D eigenvalue weighted by Crippen LogP contribution is -2.34. The van der Waals surface area contributed by atoms with Gasteiger partial charge >= 0.3 is 0 Å². The summed E-state index contributed by atoms with van der Waals surface area (Å²) in [5, 5.41) is 13.3. The number of ether oxygens (including phenoxy) is 1. The molecule has 122 valence electrons. The van der Waals surface area contributed by atoms with E-state index in [1.807, 2.05) is 30.3 Å². The molecule has 1 aromatic carbocycles. The third kappa shape index (κ3) is 3.97. The van der Waals surface area contributed by atoms with Crippen LogP contribution in [0.15, 0.2) is 42.7 Å². The Hall–Kier alpha value is -2.18. The van der Waals surface area contributed by atoms with Crippen molar-refractivity contribution in [1.29, 1.82) is 0 Å². The number of carbonyl (C=O) groups excluding carboxylic acids is 1. The topological polar surface area (TPSA) is 76.4 Å². The minimum absolute atomic E-state index is 0.111. The second-order valence-electron chi connectivity index (χ2n) is 5.67. The van der Waals surface area contributed by atoms with Crippen molar-refractivity contribution in [1.82, 2.24) is 14.9 Å². The first-order valence-electron chi connectivity index (χ1n) is 7.86. The molecule has 6 heteroatoms. The van der Waals surface area contributed by atoms with Gasteiger partial charge in [-0.1, -0.05) is 30.3 Å². The van der Waals surface area contributed by atoms with Crippen LogP contribution in [0.4, 0.5) is 0 Å². The van der Waals surface area contributed by atoms with Crippen LogP contribution >= 0.6 is 0 Å². The third-order valence-corrected chi connectivity index (χ3v) is 3.97. The van der Waals surface area contributed by atoms with Crippen molar-refractivity contribution in [2.24, 2.45) is 0 Å². The van der Waals surface area contributed by atoms with E-state index in [9.17, 15) is 9.90 Å². The fourth-order valence-corrected chi connectivity index (χ4v) is 2.73. The lowest BCUT2D eigenvalue weighted by molar-refractivity contribution is -0.122. The molecule has 1 amide bonds. The molecule has 2 atom stereocenters. The Kier molecular flexibility index (Phi) is 5.05. The quantitative estimate of drug-likeness (QED) is 0.841. The number of carbonyl (C=O) groups is 1. The van der Waals surface area contributed by atoms with Crippen LogP contribution in [0.25, 0.3) is 0 Å². The molecule has 2 N–H and O–H groups in total. The van der Waals surface area contributed by atoms with Gasteiger partial charge in [-0.2, -0.15) is 0 Å². The maximum atomic E-state index is 12.1. The van der Waals surface area contributed by atoms with Gasteiger partial charge in [0.2, 0.25) is 5.91 Å². The van der Waals surface area contributed by atoms with Crippen molar-refractivity contribution < 1.29 is 14.6 Å². The highest BCUT2D eigenvalue weighted by atomic mass is 16.5. The number of amides is 1. The van der Waals surface area contributed by atoms with Gasteiger partial charge in [0.15, 0.2) is 0 Å². The molecule has 2 heterocycles. The monoisotopic (exact) mass is 315 g/mol. The zero-order valence-corrected chi connectivity index (χ0v) is 12.9. The molecule has 1 aliphatic heterocycles. The average molecular weight is 315 g/mol. The van der Waals surface area contributed by atoms with E-state index in [1.54, 1.807) is 17.0 Å². The zero-order chi connectivity index (χ0) is 16.1. The molecule has 0 radical (unpaired) electrons. The zero-order valence-electron chi connectivity index (χ0n) is 12.9. The molecule has 0 spiro atoms. The Labute approximate surface area is 135 Å². The predicted molar refractivity (Wildman–Crippen MR) is 84.7 cm³/mol. The number of aliphatic hydroxyl groups is 1. The molecule has 23 heavy (non-hydrogen) atoms. The SMILES string of the molecule is O=C(Cn1ccnc1[C@@H](O)c1ccccc1)NC[C@@H]1CCCO1. The normalized spacial score (nSPS) is 18.7. The van der Waals surface area contributed by atoms with E-state index in [4.69, 9.17) is 4.74 Å². The summed E-state index contributed by atoms with van der Waals surface area (Å²) in [5.41, 5.74) is 0.750. The largest absolute Gasteiger partial charge is 0.380 e. The number of rotatable bonds is 6. The van der Waals surface area contributed by atoms with Gasteiger partial charge in [0.25, 0.3) is 0 Å². The number of aliphatic hydroxyl groups excluding tert-OH is 1.